The van der Waals surface area contributed by atoms with Crippen molar-refractivity contribution in [3.8, 4) is 23.3 Å². The fourth-order valence-corrected chi connectivity index (χ4v) is 8.48. The maximum Gasteiger partial charge on any atom is 0.308 e. The number of likely N-dealkylation sites (tertiary alicyclic amines) is 1. The third-order valence-corrected chi connectivity index (χ3v) is 10.3. The Kier molecular flexibility index (Phi) is 7.52. The minimum absolute atomic E-state index is 0.0518. The number of hydrogen-bond acceptors (Lipinski definition) is 7. The van der Waals surface area contributed by atoms with Gasteiger partial charge in [-0.2, -0.15) is 0 Å². The van der Waals surface area contributed by atoms with E-state index >= 15 is 0 Å². The molecular formula is C36H42N2O6. The fraction of sp³-hybridized carbons (Fsp3) is 0.528. The normalized spacial score (nSPS) is 27.9. The molecule has 44 heavy (non-hydrogen) atoms. The van der Waals surface area contributed by atoms with Crippen molar-refractivity contribution in [3.63, 3.8) is 0 Å². The number of aryl methyl sites for hydroxylation is 2. The predicted octanol–water partition coefficient (Wildman–Crippen LogP) is 4.49. The van der Waals surface area contributed by atoms with Crippen LogP contribution in [0.4, 0.5) is 0 Å². The lowest BCUT2D eigenvalue weighted by Gasteiger charge is -2.65. The van der Waals surface area contributed by atoms with E-state index in [1.807, 2.05) is 36.1 Å². The summed E-state index contributed by atoms with van der Waals surface area (Å²) in [7, 11) is 2.09. The summed E-state index contributed by atoms with van der Waals surface area (Å²) in [6.07, 6.45) is 2.01. The lowest BCUT2D eigenvalue weighted by molar-refractivity contribution is -0.221. The molecule has 0 N–H and O–H groups in total. The Hall–Kier alpha value is -3.83. The van der Waals surface area contributed by atoms with E-state index in [1.54, 1.807) is 6.07 Å². The molecule has 0 radical (unpaired) electrons. The smallest absolute Gasteiger partial charge is 0.308 e. The van der Waals surface area contributed by atoms with Crippen molar-refractivity contribution in [2.24, 2.45) is 5.92 Å². The zero-order valence-corrected chi connectivity index (χ0v) is 26.8. The van der Waals surface area contributed by atoms with Crippen LogP contribution in [0.2, 0.25) is 0 Å². The molecule has 1 saturated heterocycles. The van der Waals surface area contributed by atoms with E-state index < -0.39 is 23.1 Å². The van der Waals surface area contributed by atoms with Crippen LogP contribution in [0.15, 0.2) is 30.3 Å². The first-order valence-electron chi connectivity index (χ1n) is 15.7. The van der Waals surface area contributed by atoms with Crippen LogP contribution >= 0.6 is 0 Å². The molecule has 0 unspecified atom stereocenters. The molecule has 2 bridgehead atoms. The lowest BCUT2D eigenvalue weighted by atomic mass is 9.48. The third kappa shape index (κ3) is 4.59. The second kappa shape index (κ2) is 11.0. The molecular weight excluding hydrogens is 556 g/mol. The van der Waals surface area contributed by atoms with Crippen molar-refractivity contribution < 1.29 is 28.6 Å². The van der Waals surface area contributed by atoms with Gasteiger partial charge in [-0.25, -0.2) is 0 Å². The molecule has 1 spiro atoms. The van der Waals surface area contributed by atoms with E-state index in [0.29, 0.717) is 43.7 Å². The Morgan fingerprint density at radius 3 is 2.55 bits per heavy atom. The molecule has 232 valence electrons. The molecule has 1 saturated carbocycles. The van der Waals surface area contributed by atoms with Crippen LogP contribution in [0.25, 0.3) is 0 Å². The van der Waals surface area contributed by atoms with Crippen LogP contribution in [-0.2, 0) is 31.0 Å². The molecule has 4 aliphatic rings. The van der Waals surface area contributed by atoms with Crippen molar-refractivity contribution >= 4 is 17.8 Å². The standard InChI is InChI=1S/C36H42N2O6/c1-21(2)20-38(31(41)13-10-26-9-8-22(3)23(4)18-26)28-14-15-36(44-25(6)40)30-19-27-11-12-29(42-24(5)39)33-32(27)35(36,34(28)43-33)16-17-37(30)7/h8-9,11-12,18,21,28,30,34H,14-17,19-20H2,1-7H3/t28-,30+,34-,35-,36+/m0/s1. The summed E-state index contributed by atoms with van der Waals surface area (Å²) in [5.41, 5.74) is 3.61. The summed E-state index contributed by atoms with van der Waals surface area (Å²) in [6, 6.07) is 9.41. The van der Waals surface area contributed by atoms with Gasteiger partial charge in [0.2, 0.25) is 0 Å². The van der Waals surface area contributed by atoms with Gasteiger partial charge in [0.1, 0.15) is 11.7 Å². The molecule has 1 amide bonds. The van der Waals surface area contributed by atoms with E-state index in [4.69, 9.17) is 14.2 Å². The van der Waals surface area contributed by atoms with Gasteiger partial charge >= 0.3 is 11.9 Å². The molecule has 2 aromatic carbocycles. The zero-order chi connectivity index (χ0) is 31.6. The summed E-state index contributed by atoms with van der Waals surface area (Å²) in [5.74, 6) is 6.12. The highest BCUT2D eigenvalue weighted by Crippen LogP contribution is 2.67. The Labute approximate surface area is 260 Å². The van der Waals surface area contributed by atoms with Crippen LogP contribution in [0.3, 0.4) is 0 Å². The lowest BCUT2D eigenvalue weighted by Crippen LogP contribution is -2.79. The Balaban J connectivity index is 1.49. The van der Waals surface area contributed by atoms with E-state index in [1.165, 1.54) is 19.4 Å². The van der Waals surface area contributed by atoms with E-state index in [0.717, 1.165) is 28.8 Å². The Bertz CT molecular complexity index is 1600. The number of rotatable bonds is 5. The fourth-order valence-electron chi connectivity index (χ4n) is 8.48. The topological polar surface area (TPSA) is 85.4 Å². The van der Waals surface area contributed by atoms with E-state index in [9.17, 15) is 14.4 Å². The third-order valence-electron chi connectivity index (χ3n) is 10.3. The summed E-state index contributed by atoms with van der Waals surface area (Å²) in [6.45, 7) is 12.4. The Morgan fingerprint density at radius 2 is 1.86 bits per heavy atom. The number of nitrogens with zero attached hydrogens (tertiary/aromatic N) is 2. The van der Waals surface area contributed by atoms with Gasteiger partial charge in [0, 0.05) is 37.4 Å². The summed E-state index contributed by atoms with van der Waals surface area (Å²) < 4.78 is 19.1. The zero-order valence-electron chi connectivity index (χ0n) is 26.8. The first kappa shape index (κ1) is 30.2. The van der Waals surface area contributed by atoms with Crippen molar-refractivity contribution in [1.82, 2.24) is 9.80 Å². The van der Waals surface area contributed by atoms with Crippen LogP contribution < -0.4 is 9.47 Å². The summed E-state index contributed by atoms with van der Waals surface area (Å²) in [5, 5.41) is 0. The van der Waals surface area contributed by atoms with Crippen LogP contribution in [0.1, 0.15) is 74.8 Å². The SMILES string of the molecule is CC(=O)Oc1ccc2c3c1O[C@H]1[C@@H](N(CC(C)C)C(=O)C#Cc4ccc(C)c(C)c4)CC[C@@]4(OC(C)=O)[C@@H](C2)N(C)CC[C@]314. The Morgan fingerprint density at radius 1 is 1.09 bits per heavy atom. The molecule has 2 aliphatic heterocycles. The largest absolute Gasteiger partial charge is 0.483 e. The number of ether oxygens (including phenoxy) is 3. The van der Waals surface area contributed by atoms with Gasteiger partial charge in [-0.3, -0.25) is 19.3 Å². The number of carbonyl (C=O) groups is 3. The quantitative estimate of drug-likeness (QED) is 0.285. The number of likely N-dealkylation sites (N-methyl/N-ethyl adjacent to an activating group) is 1. The average Bonchev–Trinajstić information content (AvgIpc) is 3.30. The van der Waals surface area contributed by atoms with Crippen LogP contribution in [0.5, 0.6) is 11.5 Å². The predicted molar refractivity (Wildman–Crippen MR) is 165 cm³/mol. The van der Waals surface area contributed by atoms with Crippen molar-refractivity contribution in [1.29, 1.82) is 0 Å². The van der Waals surface area contributed by atoms with Gasteiger partial charge in [0.15, 0.2) is 11.5 Å². The highest BCUT2D eigenvalue weighted by atomic mass is 16.6. The van der Waals surface area contributed by atoms with Crippen LogP contribution in [-0.4, -0.2) is 71.6 Å². The molecule has 6 rings (SSSR count). The minimum atomic E-state index is -0.849. The second-order valence-corrected chi connectivity index (χ2v) is 13.5. The molecule has 2 fully saturated rings. The van der Waals surface area contributed by atoms with Crippen molar-refractivity contribution in [2.45, 2.75) is 96.4 Å². The number of carbonyl (C=O) groups excluding carboxylic acids is 3. The molecule has 8 heteroatoms. The average molecular weight is 599 g/mol. The summed E-state index contributed by atoms with van der Waals surface area (Å²) >= 11 is 0. The van der Waals surface area contributed by atoms with Gasteiger partial charge in [0.05, 0.1) is 17.5 Å². The molecule has 2 heterocycles. The van der Waals surface area contributed by atoms with Gasteiger partial charge in [-0.1, -0.05) is 31.9 Å². The number of benzene rings is 2. The number of esters is 2. The van der Waals surface area contributed by atoms with Gasteiger partial charge in [-0.05, 0) is 93.9 Å². The highest BCUT2D eigenvalue weighted by Gasteiger charge is 2.75. The molecule has 5 atom stereocenters. The van der Waals surface area contributed by atoms with Gasteiger partial charge in [0.25, 0.3) is 5.91 Å². The molecule has 2 aromatic rings. The maximum absolute atomic E-state index is 14.1. The molecule has 0 aromatic heterocycles. The monoisotopic (exact) mass is 598 g/mol. The number of hydrogen-bond donors (Lipinski definition) is 0. The van der Waals surface area contributed by atoms with Crippen molar-refractivity contribution in [3.05, 3.63) is 58.1 Å². The van der Waals surface area contributed by atoms with Gasteiger partial charge < -0.3 is 19.1 Å². The van der Waals surface area contributed by atoms with Crippen molar-refractivity contribution in [2.75, 3.05) is 20.1 Å². The minimum Gasteiger partial charge on any atom is -0.483 e. The van der Waals surface area contributed by atoms with E-state index in [2.05, 4.69) is 44.6 Å². The molecule has 2 aliphatic carbocycles. The first-order chi connectivity index (χ1) is 20.9. The number of amides is 1. The van der Waals surface area contributed by atoms with Crippen LogP contribution in [0, 0.1) is 31.6 Å². The van der Waals surface area contributed by atoms with Gasteiger partial charge in [-0.15, -0.1) is 0 Å². The highest BCUT2D eigenvalue weighted by molar-refractivity contribution is 5.94. The maximum atomic E-state index is 14.1. The number of piperidine rings is 1. The second-order valence-electron chi connectivity index (χ2n) is 13.5. The molecule has 8 nitrogen and oxygen atoms in total. The first-order valence-corrected chi connectivity index (χ1v) is 15.7. The summed E-state index contributed by atoms with van der Waals surface area (Å²) in [4.78, 5) is 43.2. The van der Waals surface area contributed by atoms with E-state index in [-0.39, 0.29) is 29.9 Å².